The van der Waals surface area contributed by atoms with Crippen LogP contribution in [0.15, 0.2) is 22.7 Å². The van der Waals surface area contributed by atoms with Gasteiger partial charge in [0, 0.05) is 12.2 Å². The van der Waals surface area contributed by atoms with E-state index in [4.69, 9.17) is 5.11 Å². The van der Waals surface area contributed by atoms with Gasteiger partial charge in [0.2, 0.25) is 0 Å². The van der Waals surface area contributed by atoms with Crippen LogP contribution in [0.4, 0.5) is 10.1 Å². The number of carbonyl (C=O) groups is 1. The van der Waals surface area contributed by atoms with Crippen LogP contribution in [-0.4, -0.2) is 28.3 Å². The zero-order valence-corrected chi connectivity index (χ0v) is 12.5. The van der Waals surface area contributed by atoms with Crippen molar-refractivity contribution in [2.75, 3.05) is 11.9 Å². The van der Waals surface area contributed by atoms with Crippen molar-refractivity contribution in [3.63, 3.8) is 0 Å². The Morgan fingerprint density at radius 1 is 1.45 bits per heavy atom. The summed E-state index contributed by atoms with van der Waals surface area (Å²) in [5.41, 5.74) is -0.324. The lowest BCUT2D eigenvalue weighted by molar-refractivity contribution is -0.144. The van der Waals surface area contributed by atoms with Crippen LogP contribution in [-0.2, 0) is 4.79 Å². The summed E-state index contributed by atoms with van der Waals surface area (Å²) in [7, 11) is 0. The summed E-state index contributed by atoms with van der Waals surface area (Å²) < 4.78 is 13.8. The number of rotatable bonds is 4. The fraction of sp³-hybridized carbons (Fsp3) is 0.500. The summed E-state index contributed by atoms with van der Waals surface area (Å²) in [4.78, 5) is 10.9. The molecule has 1 saturated carbocycles. The normalized spacial score (nSPS) is 26.2. The summed E-state index contributed by atoms with van der Waals surface area (Å²) in [5, 5.41) is 22.3. The summed E-state index contributed by atoms with van der Waals surface area (Å²) in [5.74, 6) is -1.52. The number of aliphatic hydroxyl groups is 1. The molecule has 0 heterocycles. The van der Waals surface area contributed by atoms with Crippen LogP contribution in [0.5, 0.6) is 0 Å². The van der Waals surface area contributed by atoms with Crippen LogP contribution >= 0.6 is 15.9 Å². The molecule has 0 bridgehead atoms. The Kier molecular flexibility index (Phi) is 4.65. The molecule has 0 radical (unpaired) electrons. The number of benzene rings is 1. The minimum Gasteiger partial charge on any atom is -0.481 e. The van der Waals surface area contributed by atoms with Crippen LogP contribution in [0, 0.1) is 11.7 Å². The molecule has 1 fully saturated rings. The maximum Gasteiger partial charge on any atom is 0.306 e. The Morgan fingerprint density at radius 2 is 2.10 bits per heavy atom. The number of halogens is 2. The average Bonchev–Trinajstić information content (AvgIpc) is 2.41. The summed E-state index contributed by atoms with van der Waals surface area (Å²) in [6.07, 6.45) is 1.83. The molecule has 4 nitrogen and oxygen atoms in total. The number of carboxylic acids is 1. The second kappa shape index (κ2) is 6.10. The summed E-state index contributed by atoms with van der Waals surface area (Å²) in [6, 6.07) is 4.68. The minimum atomic E-state index is -0.921. The minimum absolute atomic E-state index is 0.292. The van der Waals surface area contributed by atoms with Crippen LogP contribution < -0.4 is 5.32 Å². The zero-order valence-electron chi connectivity index (χ0n) is 10.9. The van der Waals surface area contributed by atoms with Crippen molar-refractivity contribution in [1.29, 1.82) is 0 Å². The van der Waals surface area contributed by atoms with Gasteiger partial charge in [-0.05, 0) is 59.8 Å². The highest BCUT2D eigenvalue weighted by Gasteiger charge is 2.35. The molecule has 0 atom stereocenters. The van der Waals surface area contributed by atoms with E-state index in [0.29, 0.717) is 42.4 Å². The number of aliphatic carboxylic acids is 1. The second-order valence-corrected chi connectivity index (χ2v) is 6.17. The van der Waals surface area contributed by atoms with E-state index in [-0.39, 0.29) is 11.7 Å². The molecule has 20 heavy (non-hydrogen) atoms. The third kappa shape index (κ3) is 3.70. The Morgan fingerprint density at radius 3 is 2.65 bits per heavy atom. The predicted molar refractivity (Wildman–Crippen MR) is 77.1 cm³/mol. The second-order valence-electron chi connectivity index (χ2n) is 5.32. The van der Waals surface area contributed by atoms with E-state index in [1.54, 1.807) is 12.1 Å². The molecule has 6 heteroatoms. The highest BCUT2D eigenvalue weighted by molar-refractivity contribution is 9.10. The van der Waals surface area contributed by atoms with Crippen molar-refractivity contribution in [3.05, 3.63) is 28.5 Å². The standard InChI is InChI=1S/C14H17BrFNO3/c15-11-2-1-10(7-12(11)16)17-8-14(20)5-3-9(4-6-14)13(18)19/h1-2,7,9,17,20H,3-6,8H2,(H,18,19). The third-order valence-electron chi connectivity index (χ3n) is 3.81. The molecule has 110 valence electrons. The van der Waals surface area contributed by atoms with Gasteiger partial charge >= 0.3 is 5.97 Å². The summed E-state index contributed by atoms with van der Waals surface area (Å²) in [6.45, 7) is 0.292. The van der Waals surface area contributed by atoms with Gasteiger partial charge in [-0.1, -0.05) is 0 Å². The van der Waals surface area contributed by atoms with Crippen molar-refractivity contribution < 1.29 is 19.4 Å². The number of hydrogen-bond acceptors (Lipinski definition) is 3. The number of nitrogens with one attached hydrogen (secondary N) is 1. The predicted octanol–water partition coefficient (Wildman–Crippen LogP) is 3.01. The highest BCUT2D eigenvalue weighted by Crippen LogP contribution is 2.32. The van der Waals surface area contributed by atoms with Gasteiger partial charge < -0.3 is 15.5 Å². The van der Waals surface area contributed by atoms with Gasteiger partial charge in [-0.2, -0.15) is 0 Å². The molecule has 1 aliphatic rings. The van der Waals surface area contributed by atoms with Gasteiger partial charge in [-0.15, -0.1) is 0 Å². The molecule has 1 aromatic carbocycles. The maximum atomic E-state index is 13.4. The first kappa shape index (κ1) is 15.3. The number of carboxylic acid groups (broad SMARTS) is 1. The molecule has 2 rings (SSSR count). The molecule has 0 aromatic heterocycles. The molecular weight excluding hydrogens is 329 g/mol. The molecule has 3 N–H and O–H groups in total. The fourth-order valence-corrected chi connectivity index (χ4v) is 2.70. The van der Waals surface area contributed by atoms with Crippen LogP contribution in [0.3, 0.4) is 0 Å². The van der Waals surface area contributed by atoms with E-state index in [0.717, 1.165) is 0 Å². The maximum absolute atomic E-state index is 13.4. The monoisotopic (exact) mass is 345 g/mol. The Hall–Kier alpha value is -1.14. The van der Waals surface area contributed by atoms with Crippen molar-refractivity contribution >= 4 is 27.6 Å². The Balaban J connectivity index is 1.90. The smallest absolute Gasteiger partial charge is 0.306 e. The molecule has 0 amide bonds. The van der Waals surface area contributed by atoms with Crippen molar-refractivity contribution in [2.45, 2.75) is 31.3 Å². The van der Waals surface area contributed by atoms with Crippen LogP contribution in [0.2, 0.25) is 0 Å². The molecule has 0 aliphatic heterocycles. The number of hydrogen-bond donors (Lipinski definition) is 3. The first-order valence-electron chi connectivity index (χ1n) is 6.54. The van der Waals surface area contributed by atoms with Gasteiger partial charge in [0.05, 0.1) is 16.0 Å². The van der Waals surface area contributed by atoms with Gasteiger partial charge in [0.1, 0.15) is 5.82 Å². The number of anilines is 1. The lowest BCUT2D eigenvalue weighted by Gasteiger charge is -2.35. The zero-order chi connectivity index (χ0) is 14.8. The SMILES string of the molecule is O=C(O)C1CCC(O)(CNc2ccc(Br)c(F)c2)CC1. The molecule has 1 aromatic rings. The van der Waals surface area contributed by atoms with E-state index < -0.39 is 11.6 Å². The van der Waals surface area contributed by atoms with Gasteiger partial charge in [0.15, 0.2) is 0 Å². The fourth-order valence-electron chi connectivity index (χ4n) is 2.45. The van der Waals surface area contributed by atoms with E-state index in [1.807, 2.05) is 0 Å². The topological polar surface area (TPSA) is 69.6 Å². The van der Waals surface area contributed by atoms with Gasteiger partial charge in [-0.3, -0.25) is 4.79 Å². The van der Waals surface area contributed by atoms with E-state index in [2.05, 4.69) is 21.2 Å². The average molecular weight is 346 g/mol. The van der Waals surface area contributed by atoms with Crippen molar-refractivity contribution in [3.8, 4) is 0 Å². The Bertz CT molecular complexity index is 501. The quantitative estimate of drug-likeness (QED) is 0.784. The molecule has 0 unspecified atom stereocenters. The molecular formula is C14H17BrFNO3. The lowest BCUT2D eigenvalue weighted by atomic mass is 9.79. The van der Waals surface area contributed by atoms with Crippen molar-refractivity contribution in [2.24, 2.45) is 5.92 Å². The van der Waals surface area contributed by atoms with E-state index in [1.165, 1.54) is 6.07 Å². The Labute approximate surface area is 125 Å². The van der Waals surface area contributed by atoms with Crippen molar-refractivity contribution in [1.82, 2.24) is 0 Å². The third-order valence-corrected chi connectivity index (χ3v) is 4.45. The highest BCUT2D eigenvalue weighted by atomic mass is 79.9. The lowest BCUT2D eigenvalue weighted by Crippen LogP contribution is -2.41. The van der Waals surface area contributed by atoms with Gasteiger partial charge in [-0.25, -0.2) is 4.39 Å². The van der Waals surface area contributed by atoms with E-state index >= 15 is 0 Å². The summed E-state index contributed by atoms with van der Waals surface area (Å²) >= 11 is 3.08. The molecule has 1 aliphatic carbocycles. The first-order valence-corrected chi connectivity index (χ1v) is 7.33. The van der Waals surface area contributed by atoms with Gasteiger partial charge in [0.25, 0.3) is 0 Å². The first-order chi connectivity index (χ1) is 9.39. The largest absolute Gasteiger partial charge is 0.481 e. The van der Waals surface area contributed by atoms with E-state index in [9.17, 15) is 14.3 Å². The van der Waals surface area contributed by atoms with Crippen LogP contribution in [0.1, 0.15) is 25.7 Å². The molecule has 0 saturated heterocycles. The molecule has 0 spiro atoms. The van der Waals surface area contributed by atoms with Crippen LogP contribution in [0.25, 0.3) is 0 Å².